The van der Waals surface area contributed by atoms with Crippen LogP contribution in [0.4, 0.5) is 0 Å². The van der Waals surface area contributed by atoms with E-state index in [2.05, 4.69) is 15.5 Å². The molecule has 1 aliphatic rings. The van der Waals surface area contributed by atoms with Crippen LogP contribution >= 0.6 is 11.8 Å². The molecule has 8 heteroatoms. The Morgan fingerprint density at radius 1 is 1.65 bits per heavy atom. The summed E-state index contributed by atoms with van der Waals surface area (Å²) in [7, 11) is 1.39. The van der Waals surface area contributed by atoms with E-state index in [0.29, 0.717) is 23.5 Å². The third kappa shape index (κ3) is 3.24. The third-order valence-electron chi connectivity index (χ3n) is 3.27. The Hall–Kier alpha value is -1.28. The summed E-state index contributed by atoms with van der Waals surface area (Å²) in [5, 5.41) is 10.3. The Kier molecular flexibility index (Phi) is 4.54. The number of hydrogen-bond acceptors (Lipinski definition) is 6. The molecule has 112 valence electrons. The van der Waals surface area contributed by atoms with Crippen molar-refractivity contribution in [2.24, 2.45) is 0 Å². The Morgan fingerprint density at radius 3 is 2.90 bits per heavy atom. The molecule has 1 unspecified atom stereocenters. The topological polar surface area (TPSA) is 89.0 Å². The van der Waals surface area contributed by atoms with Gasteiger partial charge in [0.25, 0.3) is 0 Å². The number of carbonyl (C=O) groups is 1. The Bertz CT molecular complexity index is 537. The van der Waals surface area contributed by atoms with E-state index in [1.165, 1.54) is 18.9 Å². The molecule has 0 aliphatic heterocycles. The van der Waals surface area contributed by atoms with E-state index in [-0.39, 0.29) is 11.7 Å². The van der Waals surface area contributed by atoms with Gasteiger partial charge in [0.05, 0.1) is 7.11 Å². The molecule has 0 saturated heterocycles. The summed E-state index contributed by atoms with van der Waals surface area (Å²) in [6.45, 7) is 4.25. The maximum Gasteiger partial charge on any atom is 0.343 e. The average Bonchev–Trinajstić information content (AvgIpc) is 3.17. The molecule has 7 nitrogen and oxygen atoms in total. The highest BCUT2D eigenvalue weighted by Crippen LogP contribution is 2.27. The SMILES string of the molecule is CCn1c(SCC(C)(NC2CC2)C(=O)OC)n[nH]c1=O. The van der Waals surface area contributed by atoms with Crippen LogP contribution in [0, 0.1) is 0 Å². The smallest absolute Gasteiger partial charge is 0.343 e. The third-order valence-corrected chi connectivity index (χ3v) is 4.56. The van der Waals surface area contributed by atoms with Gasteiger partial charge in [-0.2, -0.15) is 0 Å². The Labute approximate surface area is 121 Å². The summed E-state index contributed by atoms with van der Waals surface area (Å²) in [6.07, 6.45) is 2.17. The van der Waals surface area contributed by atoms with Crippen molar-refractivity contribution in [2.75, 3.05) is 12.9 Å². The van der Waals surface area contributed by atoms with Gasteiger partial charge in [-0.05, 0) is 26.7 Å². The minimum Gasteiger partial charge on any atom is -0.468 e. The van der Waals surface area contributed by atoms with Gasteiger partial charge in [0, 0.05) is 18.3 Å². The van der Waals surface area contributed by atoms with Gasteiger partial charge < -0.3 is 4.74 Å². The van der Waals surface area contributed by atoms with Crippen molar-refractivity contribution < 1.29 is 9.53 Å². The van der Waals surface area contributed by atoms with Crippen LogP contribution in [0.25, 0.3) is 0 Å². The lowest BCUT2D eigenvalue weighted by atomic mass is 10.1. The van der Waals surface area contributed by atoms with Crippen LogP contribution in [-0.2, 0) is 16.1 Å². The molecule has 1 saturated carbocycles. The van der Waals surface area contributed by atoms with Gasteiger partial charge in [0.2, 0.25) is 0 Å². The predicted octanol–water partition coefficient (Wildman–Crippen LogP) is 0.367. The second-order valence-corrected chi connectivity index (χ2v) is 6.03. The minimum absolute atomic E-state index is 0.232. The standard InChI is InChI=1S/C12H20N4O3S/c1-4-16-10(18)14-15-11(16)20-7-12(2,9(17)19-3)13-8-5-6-8/h8,13H,4-7H2,1-3H3,(H,14,18). The molecule has 1 aliphatic carbocycles. The van der Waals surface area contributed by atoms with Gasteiger partial charge in [-0.25, -0.2) is 9.89 Å². The molecule has 0 amide bonds. The monoisotopic (exact) mass is 300 g/mol. The second kappa shape index (κ2) is 6.01. The van der Waals surface area contributed by atoms with Crippen molar-refractivity contribution >= 4 is 17.7 Å². The highest BCUT2D eigenvalue weighted by atomic mass is 32.2. The maximum absolute atomic E-state index is 12.0. The van der Waals surface area contributed by atoms with Crippen LogP contribution in [0.5, 0.6) is 0 Å². The van der Waals surface area contributed by atoms with Crippen LogP contribution < -0.4 is 11.0 Å². The fraction of sp³-hybridized carbons (Fsp3) is 0.750. The predicted molar refractivity (Wildman–Crippen MR) is 75.8 cm³/mol. The van der Waals surface area contributed by atoms with E-state index in [0.717, 1.165) is 12.8 Å². The number of ether oxygens (including phenoxy) is 1. The van der Waals surface area contributed by atoms with Crippen LogP contribution in [0.2, 0.25) is 0 Å². The highest BCUT2D eigenvalue weighted by Gasteiger charge is 2.39. The van der Waals surface area contributed by atoms with E-state index >= 15 is 0 Å². The molecule has 0 bridgehead atoms. The van der Waals surface area contributed by atoms with E-state index in [1.807, 2.05) is 13.8 Å². The molecule has 2 N–H and O–H groups in total. The molecule has 0 aromatic carbocycles. The minimum atomic E-state index is -0.770. The number of H-pyrrole nitrogens is 1. The first-order valence-electron chi connectivity index (χ1n) is 6.64. The molecule has 1 atom stereocenters. The number of rotatable bonds is 7. The molecule has 2 rings (SSSR count). The first kappa shape index (κ1) is 15.1. The molecule has 0 spiro atoms. The normalized spacial score (nSPS) is 17.8. The van der Waals surface area contributed by atoms with Crippen molar-refractivity contribution in [1.82, 2.24) is 20.1 Å². The van der Waals surface area contributed by atoms with Crippen LogP contribution in [0.1, 0.15) is 26.7 Å². The number of aromatic nitrogens is 3. The molecular weight excluding hydrogens is 280 g/mol. The van der Waals surface area contributed by atoms with Gasteiger partial charge in [-0.3, -0.25) is 14.7 Å². The number of thioether (sulfide) groups is 1. The van der Waals surface area contributed by atoms with Crippen LogP contribution in [-0.4, -0.2) is 45.2 Å². The summed E-state index contributed by atoms with van der Waals surface area (Å²) in [5.74, 6) is 0.165. The molecule has 1 aromatic rings. The Balaban J connectivity index is 2.07. The van der Waals surface area contributed by atoms with Crippen LogP contribution in [0.3, 0.4) is 0 Å². The summed E-state index contributed by atoms with van der Waals surface area (Å²) in [4.78, 5) is 23.5. The van der Waals surface area contributed by atoms with Crippen molar-refractivity contribution in [3.05, 3.63) is 10.5 Å². The number of aromatic amines is 1. The fourth-order valence-corrected chi connectivity index (χ4v) is 3.06. The molecule has 1 aromatic heterocycles. The number of methoxy groups -OCH3 is 1. The summed E-state index contributed by atoms with van der Waals surface area (Å²) >= 11 is 1.37. The number of nitrogens with zero attached hydrogens (tertiary/aromatic N) is 2. The lowest BCUT2D eigenvalue weighted by Crippen LogP contribution is -2.53. The van der Waals surface area contributed by atoms with Gasteiger partial charge in [-0.1, -0.05) is 11.8 Å². The lowest BCUT2D eigenvalue weighted by molar-refractivity contribution is -0.147. The van der Waals surface area contributed by atoms with E-state index in [4.69, 9.17) is 4.74 Å². The van der Waals surface area contributed by atoms with Gasteiger partial charge >= 0.3 is 11.7 Å². The molecule has 0 radical (unpaired) electrons. The van der Waals surface area contributed by atoms with Gasteiger partial charge in [0.15, 0.2) is 5.16 Å². The number of hydrogen-bond donors (Lipinski definition) is 2. The zero-order chi connectivity index (χ0) is 14.8. The van der Waals surface area contributed by atoms with Gasteiger partial charge in [0.1, 0.15) is 5.54 Å². The largest absolute Gasteiger partial charge is 0.468 e. The molecule has 20 heavy (non-hydrogen) atoms. The summed E-state index contributed by atoms with van der Waals surface area (Å²) in [5.41, 5.74) is -1.00. The quantitative estimate of drug-likeness (QED) is 0.558. The number of carbonyl (C=O) groups excluding carboxylic acids is 1. The maximum atomic E-state index is 12.0. The lowest BCUT2D eigenvalue weighted by Gasteiger charge is -2.27. The number of nitrogens with one attached hydrogen (secondary N) is 2. The summed E-state index contributed by atoms with van der Waals surface area (Å²) < 4.78 is 6.42. The molecule has 1 heterocycles. The van der Waals surface area contributed by atoms with Crippen LogP contribution in [0.15, 0.2) is 9.95 Å². The fourth-order valence-electron chi connectivity index (χ4n) is 1.96. The van der Waals surface area contributed by atoms with Crippen molar-refractivity contribution in [1.29, 1.82) is 0 Å². The highest BCUT2D eigenvalue weighted by molar-refractivity contribution is 7.99. The second-order valence-electron chi connectivity index (χ2n) is 5.09. The summed E-state index contributed by atoms with van der Waals surface area (Å²) in [6, 6.07) is 0.382. The zero-order valence-corrected chi connectivity index (χ0v) is 12.7. The Morgan fingerprint density at radius 2 is 2.35 bits per heavy atom. The number of esters is 1. The van der Waals surface area contributed by atoms with Gasteiger partial charge in [-0.15, -0.1) is 5.10 Å². The van der Waals surface area contributed by atoms with E-state index in [1.54, 1.807) is 4.57 Å². The first-order chi connectivity index (χ1) is 9.50. The molecular formula is C12H20N4O3S. The molecule has 1 fully saturated rings. The van der Waals surface area contributed by atoms with Crippen molar-refractivity contribution in [2.45, 2.75) is 50.0 Å². The average molecular weight is 300 g/mol. The van der Waals surface area contributed by atoms with Crippen molar-refractivity contribution in [3.63, 3.8) is 0 Å². The van der Waals surface area contributed by atoms with E-state index < -0.39 is 5.54 Å². The first-order valence-corrected chi connectivity index (χ1v) is 7.63. The van der Waals surface area contributed by atoms with Crippen molar-refractivity contribution in [3.8, 4) is 0 Å². The zero-order valence-electron chi connectivity index (χ0n) is 11.9. The van der Waals surface area contributed by atoms with E-state index in [9.17, 15) is 9.59 Å².